The lowest BCUT2D eigenvalue weighted by Crippen LogP contribution is -2.54. The lowest BCUT2D eigenvalue weighted by molar-refractivity contribution is -0.103. The summed E-state index contributed by atoms with van der Waals surface area (Å²) in [5, 5.41) is 40.2. The van der Waals surface area contributed by atoms with Gasteiger partial charge >= 0.3 is 0 Å². The molecule has 1 saturated heterocycles. The Balaban J connectivity index is 1.87. The molecule has 2 aliphatic carbocycles. The monoisotopic (exact) mass is 354 g/mol. The second-order valence-corrected chi connectivity index (χ2v) is 9.04. The summed E-state index contributed by atoms with van der Waals surface area (Å²) in [5.41, 5.74) is 0.00980. The molecule has 3 aliphatic rings. The van der Waals surface area contributed by atoms with E-state index >= 15 is 0 Å². The molecule has 5 nitrogen and oxygen atoms in total. The van der Waals surface area contributed by atoms with Crippen molar-refractivity contribution in [2.24, 2.45) is 22.7 Å². The summed E-state index contributed by atoms with van der Waals surface area (Å²) in [7, 11) is 0. The van der Waals surface area contributed by atoms with Gasteiger partial charge in [-0.2, -0.15) is 0 Å². The Morgan fingerprint density at radius 2 is 1.88 bits per heavy atom. The molecule has 1 heterocycles. The lowest BCUT2D eigenvalue weighted by atomic mass is 9.46. The summed E-state index contributed by atoms with van der Waals surface area (Å²) in [5.74, 6) is 0.827. The predicted molar refractivity (Wildman–Crippen MR) is 94.9 cm³/mol. The van der Waals surface area contributed by atoms with Crippen molar-refractivity contribution < 1.29 is 25.2 Å². The molecule has 0 aromatic rings. The SMILES string of the molecule is C[C@@H]1CC[C@]2(C)C(CO)=CCC[C@H]2[C@]1(C)C[C@@H](O)[C@]1([C@H](O)CO)CO1. The number of hydrogen-bond donors (Lipinski definition) is 4. The Labute approximate surface area is 150 Å². The van der Waals surface area contributed by atoms with Gasteiger partial charge in [0, 0.05) is 0 Å². The van der Waals surface area contributed by atoms with Gasteiger partial charge in [-0.3, -0.25) is 0 Å². The summed E-state index contributed by atoms with van der Waals surface area (Å²) in [6.07, 6.45) is 5.05. The van der Waals surface area contributed by atoms with E-state index in [1.165, 1.54) is 0 Å². The van der Waals surface area contributed by atoms with Gasteiger partial charge in [0.1, 0.15) is 11.7 Å². The molecule has 0 spiro atoms. The molecular weight excluding hydrogens is 320 g/mol. The largest absolute Gasteiger partial charge is 0.394 e. The summed E-state index contributed by atoms with van der Waals surface area (Å²) in [6, 6.07) is 0. The number of aliphatic hydroxyl groups excluding tert-OH is 4. The van der Waals surface area contributed by atoms with Crippen molar-refractivity contribution in [3.8, 4) is 0 Å². The third kappa shape index (κ3) is 2.88. The molecule has 4 N–H and O–H groups in total. The first-order chi connectivity index (χ1) is 11.7. The van der Waals surface area contributed by atoms with E-state index in [9.17, 15) is 20.4 Å². The number of fused-ring (bicyclic) bond motifs is 1. The topological polar surface area (TPSA) is 93.5 Å². The quantitative estimate of drug-likeness (QED) is 0.430. The molecule has 0 aromatic heterocycles. The molecule has 0 bridgehead atoms. The minimum atomic E-state index is -1.05. The molecule has 144 valence electrons. The van der Waals surface area contributed by atoms with Crippen molar-refractivity contribution in [1.29, 1.82) is 0 Å². The highest BCUT2D eigenvalue weighted by Gasteiger charge is 2.61. The number of rotatable bonds is 6. The van der Waals surface area contributed by atoms with Gasteiger partial charge < -0.3 is 25.2 Å². The van der Waals surface area contributed by atoms with Crippen molar-refractivity contribution in [2.45, 2.75) is 70.7 Å². The first-order valence-electron chi connectivity index (χ1n) is 9.66. The Bertz CT molecular complexity index is 528. The van der Waals surface area contributed by atoms with Crippen LogP contribution in [0.1, 0.15) is 52.9 Å². The van der Waals surface area contributed by atoms with Gasteiger partial charge in [-0.1, -0.05) is 26.8 Å². The van der Waals surface area contributed by atoms with Gasteiger partial charge in [0.15, 0.2) is 0 Å². The van der Waals surface area contributed by atoms with Gasteiger partial charge in [0.25, 0.3) is 0 Å². The van der Waals surface area contributed by atoms with Crippen LogP contribution in [0.15, 0.2) is 11.6 Å². The molecule has 25 heavy (non-hydrogen) atoms. The van der Waals surface area contributed by atoms with Crippen LogP contribution in [-0.4, -0.2) is 58.1 Å². The normalized spacial score (nSPS) is 46.1. The number of hydrogen-bond acceptors (Lipinski definition) is 5. The molecule has 2 fully saturated rings. The van der Waals surface area contributed by atoms with Gasteiger partial charge in [-0.15, -0.1) is 0 Å². The van der Waals surface area contributed by atoms with E-state index in [2.05, 4.69) is 26.8 Å². The van der Waals surface area contributed by atoms with Crippen LogP contribution in [0.25, 0.3) is 0 Å². The highest BCUT2D eigenvalue weighted by molar-refractivity contribution is 5.23. The Morgan fingerprint density at radius 3 is 2.44 bits per heavy atom. The van der Waals surface area contributed by atoms with E-state index < -0.39 is 24.4 Å². The summed E-state index contributed by atoms with van der Waals surface area (Å²) in [6.45, 7) is 6.78. The standard InChI is InChI=1S/C20H34O5/c1-13-7-8-18(2)14(10-21)5-4-6-15(18)19(13,3)9-16(23)20(12-25-20)17(24)11-22/h5,13,15-17,21-24H,4,6-12H2,1-3H3/t13-,15-,16-,17-,18-,19-,20+/m1/s1. The highest BCUT2D eigenvalue weighted by Crippen LogP contribution is 2.62. The zero-order chi connectivity index (χ0) is 18.5. The number of epoxide rings is 1. The first-order valence-corrected chi connectivity index (χ1v) is 9.66. The van der Waals surface area contributed by atoms with E-state index in [-0.39, 0.29) is 17.4 Å². The molecule has 3 rings (SSSR count). The van der Waals surface area contributed by atoms with Crippen molar-refractivity contribution >= 4 is 0 Å². The van der Waals surface area contributed by atoms with Crippen molar-refractivity contribution in [3.05, 3.63) is 11.6 Å². The number of allylic oxidation sites excluding steroid dienone is 1. The van der Waals surface area contributed by atoms with Gasteiger partial charge in [0.05, 0.1) is 25.9 Å². The van der Waals surface area contributed by atoms with Crippen molar-refractivity contribution in [2.75, 3.05) is 19.8 Å². The van der Waals surface area contributed by atoms with Crippen LogP contribution >= 0.6 is 0 Å². The predicted octanol–water partition coefficient (Wildman–Crippen LogP) is 1.63. The van der Waals surface area contributed by atoms with E-state index in [0.29, 0.717) is 24.9 Å². The Hall–Kier alpha value is -0.460. The molecule has 0 radical (unpaired) electrons. The first kappa shape index (κ1) is 19.3. The fourth-order valence-electron chi connectivity index (χ4n) is 5.80. The minimum absolute atomic E-state index is 0.0266. The smallest absolute Gasteiger partial charge is 0.145 e. The minimum Gasteiger partial charge on any atom is -0.394 e. The van der Waals surface area contributed by atoms with Gasteiger partial charge in [0.2, 0.25) is 0 Å². The van der Waals surface area contributed by atoms with Gasteiger partial charge in [-0.25, -0.2) is 0 Å². The van der Waals surface area contributed by atoms with E-state index in [1.54, 1.807) is 0 Å². The Morgan fingerprint density at radius 1 is 1.20 bits per heavy atom. The maximum absolute atomic E-state index is 10.9. The van der Waals surface area contributed by atoms with E-state index in [4.69, 9.17) is 4.74 Å². The molecule has 1 saturated carbocycles. The van der Waals surface area contributed by atoms with Crippen LogP contribution in [-0.2, 0) is 4.74 Å². The van der Waals surface area contributed by atoms with Crippen LogP contribution < -0.4 is 0 Å². The van der Waals surface area contributed by atoms with Crippen LogP contribution in [0.3, 0.4) is 0 Å². The lowest BCUT2D eigenvalue weighted by Gasteiger charge is -2.58. The van der Waals surface area contributed by atoms with Crippen LogP contribution in [0, 0.1) is 22.7 Å². The molecule has 0 unspecified atom stereocenters. The van der Waals surface area contributed by atoms with E-state index in [0.717, 1.165) is 31.3 Å². The summed E-state index contributed by atoms with van der Waals surface area (Å²) < 4.78 is 5.42. The average molecular weight is 354 g/mol. The summed E-state index contributed by atoms with van der Waals surface area (Å²) >= 11 is 0. The second kappa shape index (κ2) is 6.61. The molecule has 7 atom stereocenters. The summed E-state index contributed by atoms with van der Waals surface area (Å²) in [4.78, 5) is 0. The maximum atomic E-state index is 10.9. The molecule has 0 aromatic carbocycles. The zero-order valence-corrected chi connectivity index (χ0v) is 15.7. The molecule has 1 aliphatic heterocycles. The van der Waals surface area contributed by atoms with Crippen LogP contribution in [0.2, 0.25) is 0 Å². The number of aliphatic hydroxyl groups is 4. The van der Waals surface area contributed by atoms with Crippen molar-refractivity contribution in [3.63, 3.8) is 0 Å². The highest BCUT2D eigenvalue weighted by atomic mass is 16.6. The van der Waals surface area contributed by atoms with Crippen LogP contribution in [0.4, 0.5) is 0 Å². The molecular formula is C20H34O5. The average Bonchev–Trinajstić information content (AvgIpc) is 3.39. The van der Waals surface area contributed by atoms with Gasteiger partial charge in [-0.05, 0) is 60.3 Å². The van der Waals surface area contributed by atoms with Crippen molar-refractivity contribution in [1.82, 2.24) is 0 Å². The Kier molecular flexibility index (Phi) is 5.10. The second-order valence-electron chi connectivity index (χ2n) is 9.04. The fourth-order valence-corrected chi connectivity index (χ4v) is 5.80. The van der Waals surface area contributed by atoms with E-state index in [1.807, 2.05) is 0 Å². The molecule has 0 amide bonds. The molecule has 5 heteroatoms. The fraction of sp³-hybridized carbons (Fsp3) is 0.900. The maximum Gasteiger partial charge on any atom is 0.145 e. The third-order valence-electron chi connectivity index (χ3n) is 7.95. The number of ether oxygens (including phenoxy) is 1. The van der Waals surface area contributed by atoms with Crippen LogP contribution in [0.5, 0.6) is 0 Å². The zero-order valence-electron chi connectivity index (χ0n) is 15.7. The third-order valence-corrected chi connectivity index (χ3v) is 7.95.